The van der Waals surface area contributed by atoms with Gasteiger partial charge in [0.15, 0.2) is 0 Å². The van der Waals surface area contributed by atoms with E-state index in [1.165, 1.54) is 12.1 Å². The summed E-state index contributed by atoms with van der Waals surface area (Å²) < 4.78 is 13.3. The minimum Gasteiger partial charge on any atom is -0.399 e. The summed E-state index contributed by atoms with van der Waals surface area (Å²) in [5.74, 6) is -0.246. The molecule has 2 aromatic carbocycles. The van der Waals surface area contributed by atoms with Crippen molar-refractivity contribution in [3.8, 4) is 0 Å². The first-order valence-corrected chi connectivity index (χ1v) is 8.48. The molecular formula is C22H21FN2. The summed E-state index contributed by atoms with van der Waals surface area (Å²) in [6.45, 7) is 4.00. The van der Waals surface area contributed by atoms with E-state index in [2.05, 4.69) is 0 Å². The van der Waals surface area contributed by atoms with Crippen molar-refractivity contribution in [2.45, 2.75) is 20.3 Å². The highest BCUT2D eigenvalue weighted by Gasteiger charge is 2.24. The molecule has 2 nitrogen and oxygen atoms in total. The number of nitrogens with two attached hydrogens (primary N) is 1. The zero-order valence-corrected chi connectivity index (χ0v) is 14.4. The van der Waals surface area contributed by atoms with Crippen molar-refractivity contribution >= 4 is 17.0 Å². The Labute approximate surface area is 147 Å². The highest BCUT2D eigenvalue weighted by atomic mass is 19.1. The van der Waals surface area contributed by atoms with Crippen LogP contribution in [0.1, 0.15) is 30.5 Å². The maximum Gasteiger partial charge on any atom is 0.123 e. The molecule has 0 spiro atoms. The maximum absolute atomic E-state index is 13.3. The smallest absolute Gasteiger partial charge is 0.123 e. The lowest BCUT2D eigenvalue weighted by Crippen LogP contribution is -2.12. The zero-order chi connectivity index (χ0) is 18.0. The lowest BCUT2D eigenvalue weighted by Gasteiger charge is -2.27. The normalized spacial score (nSPS) is 15.0. The molecule has 0 amide bonds. The number of nitrogen functional groups attached to an aromatic ring is 1. The van der Waals surface area contributed by atoms with Gasteiger partial charge in [-0.2, -0.15) is 0 Å². The molecule has 0 aliphatic heterocycles. The van der Waals surface area contributed by atoms with E-state index in [9.17, 15) is 4.39 Å². The molecule has 0 heterocycles. The molecule has 3 N–H and O–H groups in total. The van der Waals surface area contributed by atoms with Crippen molar-refractivity contribution < 1.29 is 4.39 Å². The molecule has 0 fully saturated rings. The molecule has 0 saturated heterocycles. The van der Waals surface area contributed by atoms with Gasteiger partial charge in [-0.1, -0.05) is 38.1 Å². The fraction of sp³-hybridized carbons (Fsp3) is 0.136. The second-order valence-corrected chi connectivity index (χ2v) is 5.85. The third-order valence-corrected chi connectivity index (χ3v) is 4.29. The molecular weight excluding hydrogens is 311 g/mol. The van der Waals surface area contributed by atoms with Gasteiger partial charge in [-0.25, -0.2) is 4.39 Å². The number of allylic oxidation sites excluding steroid dienone is 5. The monoisotopic (exact) mass is 332 g/mol. The van der Waals surface area contributed by atoms with Gasteiger partial charge >= 0.3 is 0 Å². The van der Waals surface area contributed by atoms with Gasteiger partial charge in [0.05, 0.1) is 5.71 Å². The van der Waals surface area contributed by atoms with E-state index in [1.807, 2.05) is 44.2 Å². The van der Waals surface area contributed by atoms with Gasteiger partial charge in [-0.15, -0.1) is 0 Å². The van der Waals surface area contributed by atoms with E-state index in [0.717, 1.165) is 45.5 Å². The van der Waals surface area contributed by atoms with Gasteiger partial charge < -0.3 is 11.1 Å². The molecule has 4 rings (SSSR count). The van der Waals surface area contributed by atoms with Crippen molar-refractivity contribution in [2.24, 2.45) is 0 Å². The fourth-order valence-corrected chi connectivity index (χ4v) is 3.27. The second kappa shape index (κ2) is 6.89. The van der Waals surface area contributed by atoms with Crippen LogP contribution in [0.5, 0.6) is 0 Å². The number of benzene rings is 2. The highest BCUT2D eigenvalue weighted by Crippen LogP contribution is 2.41. The van der Waals surface area contributed by atoms with Crippen LogP contribution >= 0.6 is 0 Å². The molecule has 0 aromatic heterocycles. The summed E-state index contributed by atoms with van der Waals surface area (Å²) in [4.78, 5) is 0. The number of hydrogen-bond donors (Lipinski definition) is 2. The SMILES string of the molecule is CC.N=C1C=CC2=C(c3ccc(F)cc3)c3ccc(N)cc3CC2=C1. The van der Waals surface area contributed by atoms with Gasteiger partial charge in [0.25, 0.3) is 0 Å². The first-order valence-electron chi connectivity index (χ1n) is 8.48. The van der Waals surface area contributed by atoms with Crippen LogP contribution in [0.15, 0.2) is 71.8 Å². The lowest BCUT2D eigenvalue weighted by molar-refractivity contribution is 0.627. The zero-order valence-electron chi connectivity index (χ0n) is 14.4. The van der Waals surface area contributed by atoms with Crippen molar-refractivity contribution in [3.63, 3.8) is 0 Å². The molecule has 126 valence electrons. The van der Waals surface area contributed by atoms with E-state index in [0.29, 0.717) is 5.71 Å². The number of nitrogens with one attached hydrogen (secondary N) is 1. The van der Waals surface area contributed by atoms with E-state index in [-0.39, 0.29) is 5.82 Å². The summed E-state index contributed by atoms with van der Waals surface area (Å²) in [5, 5.41) is 7.88. The van der Waals surface area contributed by atoms with E-state index >= 15 is 0 Å². The number of halogens is 1. The molecule has 3 heteroatoms. The molecule has 0 bridgehead atoms. The Morgan fingerprint density at radius 3 is 2.44 bits per heavy atom. The Kier molecular flexibility index (Phi) is 4.66. The average molecular weight is 332 g/mol. The van der Waals surface area contributed by atoms with Gasteiger partial charge in [-0.05, 0) is 76.2 Å². The third kappa shape index (κ3) is 3.18. The molecule has 0 atom stereocenters. The number of anilines is 1. The number of hydrogen-bond acceptors (Lipinski definition) is 2. The quantitative estimate of drug-likeness (QED) is 0.683. The standard InChI is InChI=1S/C20H15FN2.C2H6/c21-15-3-1-12(2-4-15)20-18-7-5-16(22)10-13(18)9-14-11-17(23)6-8-19(14)20;1-2/h1-8,10-11,22H,9,23H2;1-2H3. The van der Waals surface area contributed by atoms with Crippen LogP contribution in [0.3, 0.4) is 0 Å². The van der Waals surface area contributed by atoms with E-state index in [1.54, 1.807) is 18.2 Å². The molecule has 0 unspecified atom stereocenters. The maximum atomic E-state index is 13.3. The summed E-state index contributed by atoms with van der Waals surface area (Å²) in [7, 11) is 0. The van der Waals surface area contributed by atoms with Gasteiger partial charge in [0.1, 0.15) is 5.82 Å². The first-order chi connectivity index (χ1) is 12.1. The molecule has 0 saturated carbocycles. The average Bonchev–Trinajstić information content (AvgIpc) is 2.62. The highest BCUT2D eigenvalue weighted by molar-refractivity contribution is 6.07. The summed E-state index contributed by atoms with van der Waals surface area (Å²) >= 11 is 0. The van der Waals surface area contributed by atoms with Gasteiger partial charge in [-0.3, -0.25) is 0 Å². The largest absolute Gasteiger partial charge is 0.399 e. The number of fused-ring (bicyclic) bond motifs is 2. The summed E-state index contributed by atoms with van der Waals surface area (Å²) in [6, 6.07) is 12.5. The minimum absolute atomic E-state index is 0.246. The fourth-order valence-electron chi connectivity index (χ4n) is 3.27. The van der Waals surface area contributed by atoms with Crippen LogP contribution in [0.25, 0.3) is 5.57 Å². The van der Waals surface area contributed by atoms with Crippen molar-refractivity contribution in [3.05, 3.63) is 94.3 Å². The first kappa shape index (κ1) is 16.9. The number of rotatable bonds is 1. The Morgan fingerprint density at radius 1 is 1.00 bits per heavy atom. The van der Waals surface area contributed by atoms with Crippen LogP contribution in [-0.4, -0.2) is 5.71 Å². The Balaban J connectivity index is 0.000000880. The minimum atomic E-state index is -0.246. The van der Waals surface area contributed by atoms with Crippen LogP contribution < -0.4 is 5.73 Å². The van der Waals surface area contributed by atoms with E-state index in [4.69, 9.17) is 11.1 Å². The van der Waals surface area contributed by atoms with Gasteiger partial charge in [0.2, 0.25) is 0 Å². The topological polar surface area (TPSA) is 49.9 Å². The van der Waals surface area contributed by atoms with Crippen LogP contribution in [0, 0.1) is 11.2 Å². The Bertz CT molecular complexity index is 916. The van der Waals surface area contributed by atoms with E-state index < -0.39 is 0 Å². The molecule has 25 heavy (non-hydrogen) atoms. The van der Waals surface area contributed by atoms with Gasteiger partial charge in [0, 0.05) is 5.69 Å². The second-order valence-electron chi connectivity index (χ2n) is 5.85. The molecule has 2 aromatic rings. The predicted octanol–water partition coefficient (Wildman–Crippen LogP) is 5.31. The lowest BCUT2D eigenvalue weighted by atomic mass is 9.77. The molecule has 2 aliphatic rings. The van der Waals surface area contributed by atoms with Crippen LogP contribution in [-0.2, 0) is 6.42 Å². The molecule has 0 radical (unpaired) electrons. The van der Waals surface area contributed by atoms with Crippen molar-refractivity contribution in [2.75, 3.05) is 5.73 Å². The summed E-state index contributed by atoms with van der Waals surface area (Å²) in [5.41, 5.74) is 13.7. The van der Waals surface area contributed by atoms with Crippen molar-refractivity contribution in [1.29, 1.82) is 5.41 Å². The third-order valence-electron chi connectivity index (χ3n) is 4.29. The molecule has 2 aliphatic carbocycles. The Morgan fingerprint density at radius 2 is 1.72 bits per heavy atom. The predicted molar refractivity (Wildman–Crippen MR) is 103 cm³/mol. The van der Waals surface area contributed by atoms with Crippen LogP contribution in [0.4, 0.5) is 10.1 Å². The van der Waals surface area contributed by atoms with Crippen LogP contribution in [0.2, 0.25) is 0 Å². The summed E-state index contributed by atoms with van der Waals surface area (Å²) in [6.07, 6.45) is 6.43. The Hall–Kier alpha value is -2.94. The van der Waals surface area contributed by atoms with Crippen molar-refractivity contribution in [1.82, 2.24) is 0 Å².